The van der Waals surface area contributed by atoms with Gasteiger partial charge in [-0.05, 0) is 56.8 Å². The highest BCUT2D eigenvalue weighted by molar-refractivity contribution is 5.94. The van der Waals surface area contributed by atoms with E-state index in [4.69, 9.17) is 4.74 Å². The lowest BCUT2D eigenvalue weighted by molar-refractivity contribution is 0.00724. The number of likely N-dealkylation sites (tertiary alicyclic amines) is 1. The molecule has 0 radical (unpaired) electrons. The number of hydrogen-bond acceptors (Lipinski definition) is 3. The van der Waals surface area contributed by atoms with Crippen molar-refractivity contribution in [1.29, 1.82) is 0 Å². The number of benzene rings is 1. The normalized spacial score (nSPS) is 21.3. The molecular formula is C20H30N2O2. The largest absolute Gasteiger partial charge is 0.377 e. The minimum atomic E-state index is 0.139. The van der Waals surface area contributed by atoms with Gasteiger partial charge in [0.1, 0.15) is 0 Å². The Hall–Kier alpha value is -1.39. The number of nitrogens with zero attached hydrogens (tertiary/aromatic N) is 2. The summed E-state index contributed by atoms with van der Waals surface area (Å²) in [4.78, 5) is 17.2. The molecule has 2 fully saturated rings. The van der Waals surface area contributed by atoms with Gasteiger partial charge in [0.2, 0.25) is 0 Å². The van der Waals surface area contributed by atoms with Crippen LogP contribution in [0.1, 0.15) is 55.5 Å². The van der Waals surface area contributed by atoms with Crippen molar-refractivity contribution in [1.82, 2.24) is 9.80 Å². The van der Waals surface area contributed by atoms with Crippen molar-refractivity contribution in [3.05, 3.63) is 35.4 Å². The van der Waals surface area contributed by atoms with Crippen LogP contribution in [0.3, 0.4) is 0 Å². The van der Waals surface area contributed by atoms with Gasteiger partial charge >= 0.3 is 0 Å². The van der Waals surface area contributed by atoms with E-state index in [1.807, 2.05) is 24.0 Å². The van der Waals surface area contributed by atoms with Crippen molar-refractivity contribution in [2.75, 3.05) is 26.2 Å². The van der Waals surface area contributed by atoms with Gasteiger partial charge in [-0.3, -0.25) is 9.69 Å². The summed E-state index contributed by atoms with van der Waals surface area (Å²) >= 11 is 0. The third-order valence-corrected chi connectivity index (χ3v) is 5.12. The lowest BCUT2D eigenvalue weighted by atomic mass is 10.1. The summed E-state index contributed by atoms with van der Waals surface area (Å²) in [5.41, 5.74) is 2.09. The van der Waals surface area contributed by atoms with E-state index in [0.29, 0.717) is 0 Å². The van der Waals surface area contributed by atoms with E-state index >= 15 is 0 Å². The molecule has 0 aromatic heterocycles. The number of carbonyl (C=O) groups excluding carboxylic acids is 1. The minimum Gasteiger partial charge on any atom is -0.377 e. The lowest BCUT2D eigenvalue weighted by Gasteiger charge is -2.32. The Labute approximate surface area is 145 Å². The topological polar surface area (TPSA) is 32.8 Å². The predicted octanol–water partition coefficient (Wildman–Crippen LogP) is 3.31. The van der Waals surface area contributed by atoms with Crippen LogP contribution in [0.4, 0.5) is 0 Å². The highest BCUT2D eigenvalue weighted by Gasteiger charge is 2.28. The zero-order chi connectivity index (χ0) is 16.9. The Balaban J connectivity index is 1.59. The van der Waals surface area contributed by atoms with Gasteiger partial charge in [0, 0.05) is 37.8 Å². The van der Waals surface area contributed by atoms with Crippen LogP contribution in [0.25, 0.3) is 0 Å². The molecule has 4 heteroatoms. The summed E-state index contributed by atoms with van der Waals surface area (Å²) in [6.07, 6.45) is 4.95. The zero-order valence-electron chi connectivity index (χ0n) is 15.0. The van der Waals surface area contributed by atoms with E-state index < -0.39 is 0 Å². The lowest BCUT2D eigenvalue weighted by Crippen LogP contribution is -2.43. The van der Waals surface area contributed by atoms with E-state index in [2.05, 4.69) is 24.0 Å². The smallest absolute Gasteiger partial charge is 0.253 e. The summed E-state index contributed by atoms with van der Waals surface area (Å²) in [5, 5.41) is 0. The highest BCUT2D eigenvalue weighted by Crippen LogP contribution is 2.28. The van der Waals surface area contributed by atoms with Crippen molar-refractivity contribution in [2.45, 2.75) is 58.2 Å². The Bertz CT molecular complexity index is 537. The minimum absolute atomic E-state index is 0.139. The standard InChI is InChI=1S/C20H30N2O2/c1-3-21(18-11-12-18)14-16-7-9-17(10-8-16)20(23)22-13-5-6-19(15-22)24-4-2/h7-10,18-19H,3-6,11-15H2,1-2H3/t19-/m1/s1. The molecule has 1 aliphatic heterocycles. The highest BCUT2D eigenvalue weighted by atomic mass is 16.5. The van der Waals surface area contributed by atoms with E-state index in [1.54, 1.807) is 0 Å². The van der Waals surface area contributed by atoms with Crippen LogP contribution in [-0.4, -0.2) is 54.1 Å². The number of ether oxygens (including phenoxy) is 1. The Morgan fingerprint density at radius 3 is 2.58 bits per heavy atom. The van der Waals surface area contributed by atoms with E-state index in [1.165, 1.54) is 18.4 Å². The molecule has 4 nitrogen and oxygen atoms in total. The van der Waals surface area contributed by atoms with Gasteiger partial charge in [-0.2, -0.15) is 0 Å². The average Bonchev–Trinajstić information content (AvgIpc) is 3.45. The summed E-state index contributed by atoms with van der Waals surface area (Å²) in [7, 11) is 0. The maximum absolute atomic E-state index is 12.7. The fraction of sp³-hybridized carbons (Fsp3) is 0.650. The van der Waals surface area contributed by atoms with Crippen LogP contribution in [0.15, 0.2) is 24.3 Å². The molecule has 1 saturated carbocycles. The number of carbonyl (C=O) groups is 1. The van der Waals surface area contributed by atoms with E-state index in [0.717, 1.165) is 57.2 Å². The summed E-state index contributed by atoms with van der Waals surface area (Å²) in [6, 6.07) is 8.98. The van der Waals surface area contributed by atoms with Gasteiger partial charge in [-0.15, -0.1) is 0 Å². The molecule has 3 rings (SSSR count). The van der Waals surface area contributed by atoms with Crippen molar-refractivity contribution in [3.8, 4) is 0 Å². The molecule has 0 N–H and O–H groups in total. The van der Waals surface area contributed by atoms with Crippen molar-refractivity contribution >= 4 is 5.91 Å². The number of hydrogen-bond donors (Lipinski definition) is 0. The Kier molecular flexibility index (Phi) is 5.90. The molecule has 132 valence electrons. The van der Waals surface area contributed by atoms with Crippen molar-refractivity contribution in [2.24, 2.45) is 0 Å². The second-order valence-electron chi connectivity index (χ2n) is 6.96. The van der Waals surface area contributed by atoms with Gasteiger partial charge in [-0.25, -0.2) is 0 Å². The molecule has 0 unspecified atom stereocenters. The maximum atomic E-state index is 12.7. The van der Waals surface area contributed by atoms with E-state index in [9.17, 15) is 4.79 Å². The Morgan fingerprint density at radius 1 is 1.21 bits per heavy atom. The van der Waals surface area contributed by atoms with Gasteiger partial charge in [-0.1, -0.05) is 19.1 Å². The first-order valence-electron chi connectivity index (χ1n) is 9.45. The van der Waals surface area contributed by atoms with E-state index in [-0.39, 0.29) is 12.0 Å². The molecule has 24 heavy (non-hydrogen) atoms. The van der Waals surface area contributed by atoms with Gasteiger partial charge in [0.05, 0.1) is 6.10 Å². The third-order valence-electron chi connectivity index (χ3n) is 5.12. The monoisotopic (exact) mass is 330 g/mol. The summed E-state index contributed by atoms with van der Waals surface area (Å²) in [5.74, 6) is 0.139. The molecule has 1 aromatic carbocycles. The van der Waals surface area contributed by atoms with Crippen LogP contribution in [0.2, 0.25) is 0 Å². The van der Waals surface area contributed by atoms with Gasteiger partial charge < -0.3 is 9.64 Å². The number of piperidine rings is 1. The van der Waals surface area contributed by atoms with Crippen LogP contribution >= 0.6 is 0 Å². The fourth-order valence-electron chi connectivity index (χ4n) is 3.60. The quantitative estimate of drug-likeness (QED) is 0.769. The van der Waals surface area contributed by atoms with Crippen molar-refractivity contribution < 1.29 is 9.53 Å². The molecule has 2 aliphatic rings. The maximum Gasteiger partial charge on any atom is 0.253 e. The molecule has 1 saturated heterocycles. The van der Waals surface area contributed by atoms with Gasteiger partial charge in [0.15, 0.2) is 0 Å². The fourth-order valence-corrected chi connectivity index (χ4v) is 3.60. The van der Waals surface area contributed by atoms with Crippen LogP contribution in [0, 0.1) is 0 Å². The third kappa shape index (κ3) is 4.37. The molecule has 1 amide bonds. The van der Waals surface area contributed by atoms with Crippen LogP contribution in [-0.2, 0) is 11.3 Å². The number of rotatable bonds is 7. The number of amides is 1. The molecule has 0 spiro atoms. The van der Waals surface area contributed by atoms with Crippen LogP contribution in [0.5, 0.6) is 0 Å². The molecule has 1 aromatic rings. The SMILES string of the molecule is CCO[C@@H]1CCCN(C(=O)c2ccc(CN(CC)C3CC3)cc2)C1. The predicted molar refractivity (Wildman–Crippen MR) is 96.1 cm³/mol. The zero-order valence-corrected chi connectivity index (χ0v) is 15.0. The van der Waals surface area contributed by atoms with Crippen molar-refractivity contribution in [3.63, 3.8) is 0 Å². The first-order chi connectivity index (χ1) is 11.7. The molecule has 0 bridgehead atoms. The molecular weight excluding hydrogens is 300 g/mol. The van der Waals surface area contributed by atoms with Gasteiger partial charge in [0.25, 0.3) is 5.91 Å². The second kappa shape index (κ2) is 8.13. The molecule has 1 aliphatic carbocycles. The molecule has 1 atom stereocenters. The summed E-state index contributed by atoms with van der Waals surface area (Å²) < 4.78 is 5.70. The first kappa shape index (κ1) is 17.4. The second-order valence-corrected chi connectivity index (χ2v) is 6.96. The Morgan fingerprint density at radius 2 is 1.96 bits per heavy atom. The van der Waals surface area contributed by atoms with Crippen LogP contribution < -0.4 is 0 Å². The average molecular weight is 330 g/mol. The first-order valence-corrected chi connectivity index (χ1v) is 9.45. The summed E-state index contributed by atoms with van der Waals surface area (Å²) in [6.45, 7) is 8.61. The molecule has 1 heterocycles.